The molecule has 0 N–H and O–H groups in total. The van der Waals surface area contributed by atoms with Gasteiger partial charge in [-0.25, -0.2) is 9.59 Å². The molecular weight excluding hydrogens is 588 g/mol. The van der Waals surface area contributed by atoms with E-state index in [2.05, 4.69) is 48.1 Å². The fourth-order valence-electron chi connectivity index (χ4n) is 13.2. The number of fused-ring (bicyclic) bond motifs is 7. The van der Waals surface area contributed by atoms with Crippen molar-refractivity contribution in [3.8, 4) is 0 Å². The number of benzene rings is 1. The highest BCUT2D eigenvalue weighted by molar-refractivity contribution is 6.03. The summed E-state index contributed by atoms with van der Waals surface area (Å²) in [5.41, 5.74) is 2.23. The third kappa shape index (κ3) is 5.04. The van der Waals surface area contributed by atoms with Crippen LogP contribution in [-0.2, 0) is 19.0 Å². The molecule has 0 aromatic heterocycles. The number of rotatable bonds is 6. The second kappa shape index (κ2) is 11.8. The SMILES string of the molecule is C=C(C)[C@H]1CC[C@]2(COC(=O)c3ccccc3C(=O)OC)CC[C@@]3(C)[C@H](CC[C@@H]4[C@@]5(C)CC[C@H](OC(C)=O)C(C)(C)[C@H]5CC[C@]43C)[C@@H]12. The molecule has 6 heteroatoms. The zero-order chi connectivity index (χ0) is 34.2. The lowest BCUT2D eigenvalue weighted by atomic mass is 9.32. The maximum absolute atomic E-state index is 13.5. The lowest BCUT2D eigenvalue weighted by Crippen LogP contribution is -2.67. The Morgan fingerprint density at radius 2 is 1.47 bits per heavy atom. The Balaban J connectivity index is 1.29. The molecule has 10 atom stereocenters. The van der Waals surface area contributed by atoms with E-state index in [0.29, 0.717) is 36.2 Å². The van der Waals surface area contributed by atoms with Crippen molar-refractivity contribution in [2.24, 2.45) is 56.7 Å². The van der Waals surface area contributed by atoms with Crippen molar-refractivity contribution >= 4 is 17.9 Å². The first-order valence-electron chi connectivity index (χ1n) is 18.2. The molecule has 5 saturated carbocycles. The van der Waals surface area contributed by atoms with Gasteiger partial charge >= 0.3 is 17.9 Å². The summed E-state index contributed by atoms with van der Waals surface area (Å²) in [6.45, 7) is 21.2. The molecule has 5 aliphatic rings. The third-order valence-corrected chi connectivity index (χ3v) is 15.5. The Bertz CT molecular complexity index is 1440. The molecule has 0 aliphatic heterocycles. The third-order valence-electron chi connectivity index (χ3n) is 15.5. The summed E-state index contributed by atoms with van der Waals surface area (Å²) in [5.74, 6) is 1.39. The minimum atomic E-state index is -0.526. The van der Waals surface area contributed by atoms with Gasteiger partial charge in [0.05, 0.1) is 24.8 Å². The van der Waals surface area contributed by atoms with Gasteiger partial charge in [-0.2, -0.15) is 0 Å². The Kier molecular flexibility index (Phi) is 8.57. The van der Waals surface area contributed by atoms with Gasteiger partial charge in [0.1, 0.15) is 6.10 Å². The second-order valence-corrected chi connectivity index (χ2v) is 17.6. The predicted octanol–water partition coefficient (Wildman–Crippen LogP) is 9.22. The molecule has 1 aromatic carbocycles. The highest BCUT2D eigenvalue weighted by Gasteiger charge is 2.71. The fourth-order valence-corrected chi connectivity index (χ4v) is 13.2. The highest BCUT2D eigenvalue weighted by Crippen LogP contribution is 2.77. The monoisotopic (exact) mass is 646 g/mol. The van der Waals surface area contributed by atoms with Crippen LogP contribution in [0.25, 0.3) is 0 Å². The lowest BCUT2D eigenvalue weighted by molar-refractivity contribution is -0.251. The number of allylic oxidation sites excluding steroid dienone is 1. The molecule has 5 fully saturated rings. The number of ether oxygens (including phenoxy) is 3. The number of hydrogen-bond acceptors (Lipinski definition) is 6. The fraction of sp³-hybridized carbons (Fsp3) is 0.732. The van der Waals surface area contributed by atoms with Crippen LogP contribution in [0, 0.1) is 56.7 Å². The van der Waals surface area contributed by atoms with Crippen LogP contribution in [0.1, 0.15) is 133 Å². The molecule has 258 valence electrons. The summed E-state index contributed by atoms with van der Waals surface area (Å²) in [4.78, 5) is 38.0. The van der Waals surface area contributed by atoms with E-state index in [0.717, 1.165) is 38.5 Å². The zero-order valence-corrected chi connectivity index (χ0v) is 30.2. The zero-order valence-electron chi connectivity index (χ0n) is 30.2. The minimum absolute atomic E-state index is 0.0123. The molecule has 0 unspecified atom stereocenters. The van der Waals surface area contributed by atoms with Crippen molar-refractivity contribution < 1.29 is 28.6 Å². The smallest absolute Gasteiger partial charge is 0.339 e. The summed E-state index contributed by atoms with van der Waals surface area (Å²) in [6, 6.07) is 6.79. The molecule has 1 aromatic rings. The molecule has 0 amide bonds. The van der Waals surface area contributed by atoms with Crippen LogP contribution in [0.2, 0.25) is 0 Å². The molecule has 6 nitrogen and oxygen atoms in total. The van der Waals surface area contributed by atoms with E-state index < -0.39 is 11.9 Å². The first-order chi connectivity index (χ1) is 22.1. The van der Waals surface area contributed by atoms with Crippen LogP contribution in [0.15, 0.2) is 36.4 Å². The van der Waals surface area contributed by atoms with Gasteiger partial charge in [0.2, 0.25) is 0 Å². The van der Waals surface area contributed by atoms with Crippen LogP contribution in [-0.4, -0.2) is 37.7 Å². The first-order valence-corrected chi connectivity index (χ1v) is 18.2. The average Bonchev–Trinajstić information content (AvgIpc) is 3.41. The quantitative estimate of drug-likeness (QED) is 0.174. The molecule has 0 saturated heterocycles. The number of carbonyl (C=O) groups is 3. The molecule has 0 heterocycles. The highest BCUT2D eigenvalue weighted by atomic mass is 16.5. The van der Waals surface area contributed by atoms with Crippen molar-refractivity contribution in [3.63, 3.8) is 0 Å². The predicted molar refractivity (Wildman–Crippen MR) is 183 cm³/mol. The Morgan fingerprint density at radius 3 is 2.11 bits per heavy atom. The van der Waals surface area contributed by atoms with E-state index in [9.17, 15) is 14.4 Å². The molecule has 47 heavy (non-hydrogen) atoms. The Hall–Kier alpha value is -2.63. The summed E-state index contributed by atoms with van der Waals surface area (Å²) in [7, 11) is 1.33. The van der Waals surface area contributed by atoms with Crippen LogP contribution in [0.4, 0.5) is 0 Å². The van der Waals surface area contributed by atoms with E-state index in [-0.39, 0.29) is 50.3 Å². The summed E-state index contributed by atoms with van der Waals surface area (Å²) in [5, 5.41) is 0. The van der Waals surface area contributed by atoms with Gasteiger partial charge in [0.15, 0.2) is 0 Å². The molecule has 0 spiro atoms. The van der Waals surface area contributed by atoms with Crippen molar-refractivity contribution in [2.45, 2.75) is 119 Å². The maximum atomic E-state index is 13.5. The van der Waals surface area contributed by atoms with Crippen molar-refractivity contribution in [2.75, 3.05) is 13.7 Å². The first kappa shape index (κ1) is 34.2. The van der Waals surface area contributed by atoms with E-state index in [4.69, 9.17) is 14.2 Å². The van der Waals surface area contributed by atoms with Gasteiger partial charge in [-0.1, -0.05) is 58.9 Å². The normalized spacial score (nSPS) is 41.7. The minimum Gasteiger partial charge on any atom is -0.465 e. The lowest BCUT2D eigenvalue weighted by Gasteiger charge is -2.73. The van der Waals surface area contributed by atoms with Crippen LogP contribution >= 0.6 is 0 Å². The molecule has 6 rings (SSSR count). The van der Waals surface area contributed by atoms with Crippen molar-refractivity contribution in [1.82, 2.24) is 0 Å². The van der Waals surface area contributed by atoms with Crippen LogP contribution in [0.5, 0.6) is 0 Å². The molecular formula is C41H58O6. The van der Waals surface area contributed by atoms with Gasteiger partial charge in [0.25, 0.3) is 0 Å². The van der Waals surface area contributed by atoms with E-state index in [1.54, 1.807) is 31.2 Å². The average molecular weight is 647 g/mol. The van der Waals surface area contributed by atoms with Crippen LogP contribution in [0.3, 0.4) is 0 Å². The number of carbonyl (C=O) groups excluding carboxylic acids is 3. The summed E-state index contributed by atoms with van der Waals surface area (Å²) >= 11 is 0. The summed E-state index contributed by atoms with van der Waals surface area (Å²) in [6.07, 6.45) is 11.2. The maximum Gasteiger partial charge on any atom is 0.339 e. The molecule has 5 aliphatic carbocycles. The van der Waals surface area contributed by atoms with Crippen LogP contribution < -0.4 is 0 Å². The standard InChI is InChI=1S/C41H58O6/c1-25(2)27-16-21-41(24-46-36(44)29-13-11-10-12-28(29)35(43)45-9)23-22-39(7)30(34(27)41)14-15-32-38(6)19-18-33(47-26(3)42)37(4,5)31(38)17-20-40(32,39)8/h10-13,27,30-34H,1,14-24H2,2-9H3/t27-,30-,31-,32-,33+,34-,38+,39+,40-,41-/m1/s1. The van der Waals surface area contributed by atoms with Gasteiger partial charge in [-0.05, 0) is 129 Å². The summed E-state index contributed by atoms with van der Waals surface area (Å²) < 4.78 is 17.1. The van der Waals surface area contributed by atoms with Crippen molar-refractivity contribution in [1.29, 1.82) is 0 Å². The molecule has 0 radical (unpaired) electrons. The number of methoxy groups -OCH3 is 1. The van der Waals surface area contributed by atoms with E-state index in [1.165, 1.54) is 38.4 Å². The van der Waals surface area contributed by atoms with Gasteiger partial charge in [-0.3, -0.25) is 4.79 Å². The van der Waals surface area contributed by atoms with E-state index >= 15 is 0 Å². The number of hydrogen-bond donors (Lipinski definition) is 0. The topological polar surface area (TPSA) is 78.9 Å². The second-order valence-electron chi connectivity index (χ2n) is 17.6. The van der Waals surface area contributed by atoms with Gasteiger partial charge < -0.3 is 14.2 Å². The van der Waals surface area contributed by atoms with Gasteiger partial charge in [-0.15, -0.1) is 0 Å². The Labute approximate surface area is 282 Å². The van der Waals surface area contributed by atoms with Gasteiger partial charge in [0, 0.05) is 17.8 Å². The van der Waals surface area contributed by atoms with Crippen molar-refractivity contribution in [3.05, 3.63) is 47.5 Å². The Morgan fingerprint density at radius 1 is 0.787 bits per heavy atom. The molecule has 0 bridgehead atoms. The number of esters is 3. The van der Waals surface area contributed by atoms with E-state index in [1.807, 2.05) is 0 Å². The largest absolute Gasteiger partial charge is 0.465 e.